The van der Waals surface area contributed by atoms with Crippen LogP contribution in [0.15, 0.2) is 42.5 Å². The van der Waals surface area contributed by atoms with Crippen molar-refractivity contribution in [3.63, 3.8) is 0 Å². The SMILES string of the molecule is Cc1c(C(=O)C(=O)NN2CCCCC2)c2cc(Cl)ccc2n1Cc1ccc(Cl)cc1. The second-order valence-corrected chi connectivity index (χ2v) is 8.53. The van der Waals surface area contributed by atoms with Crippen molar-refractivity contribution in [2.75, 3.05) is 13.1 Å². The van der Waals surface area contributed by atoms with Crippen molar-refractivity contribution in [3.8, 4) is 0 Å². The van der Waals surface area contributed by atoms with Gasteiger partial charge in [0.1, 0.15) is 0 Å². The van der Waals surface area contributed by atoms with Crippen molar-refractivity contribution in [1.82, 2.24) is 15.0 Å². The van der Waals surface area contributed by atoms with Crippen LogP contribution in [0.25, 0.3) is 10.9 Å². The van der Waals surface area contributed by atoms with E-state index >= 15 is 0 Å². The number of aromatic nitrogens is 1. The molecular weight excluding hydrogens is 421 g/mol. The molecule has 2 aromatic carbocycles. The zero-order valence-corrected chi connectivity index (χ0v) is 18.3. The highest BCUT2D eigenvalue weighted by atomic mass is 35.5. The van der Waals surface area contributed by atoms with Gasteiger partial charge in [0.2, 0.25) is 0 Å². The third-order valence-corrected chi connectivity index (χ3v) is 6.08. The summed E-state index contributed by atoms with van der Waals surface area (Å²) in [5, 5.41) is 3.72. The van der Waals surface area contributed by atoms with Gasteiger partial charge in [0, 0.05) is 46.3 Å². The molecule has 1 saturated heterocycles. The number of carbonyl (C=O) groups excluding carboxylic acids is 2. The van der Waals surface area contributed by atoms with E-state index < -0.39 is 11.7 Å². The van der Waals surface area contributed by atoms with Gasteiger partial charge in [-0.1, -0.05) is 41.8 Å². The number of halogens is 2. The molecule has 1 amide bonds. The van der Waals surface area contributed by atoms with Crippen LogP contribution >= 0.6 is 23.2 Å². The molecule has 1 aromatic heterocycles. The molecule has 0 atom stereocenters. The predicted octanol–water partition coefficient (Wildman–Crippen LogP) is 5.00. The number of amides is 1. The van der Waals surface area contributed by atoms with Gasteiger partial charge in [-0.3, -0.25) is 15.0 Å². The Morgan fingerprint density at radius 1 is 0.967 bits per heavy atom. The third-order valence-electron chi connectivity index (χ3n) is 5.59. The number of benzene rings is 2. The summed E-state index contributed by atoms with van der Waals surface area (Å²) in [4.78, 5) is 25.9. The molecule has 30 heavy (non-hydrogen) atoms. The van der Waals surface area contributed by atoms with Crippen LogP contribution in [-0.2, 0) is 11.3 Å². The first-order chi connectivity index (χ1) is 14.4. The first kappa shape index (κ1) is 20.9. The number of fused-ring (bicyclic) bond motifs is 1. The number of hydrogen-bond donors (Lipinski definition) is 1. The Morgan fingerprint density at radius 3 is 2.33 bits per heavy atom. The maximum Gasteiger partial charge on any atom is 0.306 e. The Kier molecular flexibility index (Phi) is 6.14. The minimum Gasteiger partial charge on any atom is -0.340 e. The number of rotatable bonds is 5. The fourth-order valence-electron chi connectivity index (χ4n) is 4.03. The van der Waals surface area contributed by atoms with E-state index in [1.807, 2.05) is 46.8 Å². The molecule has 0 unspecified atom stereocenters. The summed E-state index contributed by atoms with van der Waals surface area (Å²) >= 11 is 12.2. The first-order valence-corrected chi connectivity index (χ1v) is 10.8. The van der Waals surface area contributed by atoms with Gasteiger partial charge in [-0.2, -0.15) is 0 Å². The molecule has 0 spiro atoms. The highest BCUT2D eigenvalue weighted by Crippen LogP contribution is 2.30. The van der Waals surface area contributed by atoms with E-state index in [1.54, 1.807) is 12.1 Å². The Hall–Kier alpha value is -2.34. The van der Waals surface area contributed by atoms with Crippen molar-refractivity contribution in [2.45, 2.75) is 32.7 Å². The van der Waals surface area contributed by atoms with Crippen molar-refractivity contribution >= 4 is 45.8 Å². The zero-order valence-electron chi connectivity index (χ0n) is 16.8. The van der Waals surface area contributed by atoms with Crippen molar-refractivity contribution in [1.29, 1.82) is 0 Å². The summed E-state index contributed by atoms with van der Waals surface area (Å²) in [6.45, 7) is 3.96. The summed E-state index contributed by atoms with van der Waals surface area (Å²) < 4.78 is 2.04. The third kappa shape index (κ3) is 4.24. The van der Waals surface area contributed by atoms with Gasteiger partial charge in [0.05, 0.1) is 5.56 Å². The molecule has 0 bridgehead atoms. The van der Waals surface area contributed by atoms with Crippen LogP contribution in [0, 0.1) is 6.92 Å². The maximum atomic E-state index is 13.2. The fraction of sp³-hybridized carbons (Fsp3) is 0.304. The van der Waals surface area contributed by atoms with Crippen LogP contribution in [0.4, 0.5) is 0 Å². The lowest BCUT2D eigenvalue weighted by atomic mass is 10.1. The van der Waals surface area contributed by atoms with Crippen molar-refractivity contribution in [3.05, 3.63) is 69.3 Å². The minimum absolute atomic E-state index is 0.399. The Bertz CT molecular complexity index is 1100. The molecule has 4 rings (SSSR count). The van der Waals surface area contributed by atoms with Crippen LogP contribution in [0.5, 0.6) is 0 Å². The molecule has 5 nitrogen and oxygen atoms in total. The highest BCUT2D eigenvalue weighted by Gasteiger charge is 2.27. The number of hydrogen-bond acceptors (Lipinski definition) is 3. The van der Waals surface area contributed by atoms with E-state index in [9.17, 15) is 9.59 Å². The van der Waals surface area contributed by atoms with Crippen molar-refractivity contribution < 1.29 is 9.59 Å². The largest absolute Gasteiger partial charge is 0.340 e. The lowest BCUT2D eigenvalue weighted by Gasteiger charge is -2.26. The van der Waals surface area contributed by atoms with E-state index in [1.165, 1.54) is 0 Å². The molecule has 0 aliphatic carbocycles. The summed E-state index contributed by atoms with van der Waals surface area (Å²) in [5.74, 6) is -1.15. The van der Waals surface area contributed by atoms with Crippen LogP contribution < -0.4 is 5.43 Å². The second-order valence-electron chi connectivity index (χ2n) is 7.65. The monoisotopic (exact) mass is 443 g/mol. The van der Waals surface area contributed by atoms with Gasteiger partial charge in [0.25, 0.3) is 5.78 Å². The Morgan fingerprint density at radius 2 is 1.63 bits per heavy atom. The van der Waals surface area contributed by atoms with Gasteiger partial charge < -0.3 is 4.57 Å². The van der Waals surface area contributed by atoms with E-state index in [0.29, 0.717) is 27.5 Å². The molecule has 2 heterocycles. The quantitative estimate of drug-likeness (QED) is 0.445. The Balaban J connectivity index is 1.70. The molecule has 1 N–H and O–H groups in total. The average Bonchev–Trinajstić information content (AvgIpc) is 3.00. The van der Waals surface area contributed by atoms with Crippen LogP contribution in [0.2, 0.25) is 10.0 Å². The lowest BCUT2D eigenvalue weighted by molar-refractivity contribution is -0.122. The van der Waals surface area contributed by atoms with E-state index in [2.05, 4.69) is 5.43 Å². The summed E-state index contributed by atoms with van der Waals surface area (Å²) in [6, 6.07) is 13.0. The fourth-order valence-corrected chi connectivity index (χ4v) is 4.33. The number of Topliss-reactive ketones (excluding diaryl/α,β-unsaturated/α-hetero) is 1. The van der Waals surface area contributed by atoms with Crippen LogP contribution in [0.3, 0.4) is 0 Å². The highest BCUT2D eigenvalue weighted by molar-refractivity contribution is 6.45. The molecular formula is C23H23Cl2N3O2. The van der Waals surface area contributed by atoms with E-state index in [4.69, 9.17) is 23.2 Å². The average molecular weight is 444 g/mol. The number of piperidine rings is 1. The van der Waals surface area contributed by atoms with Gasteiger partial charge in [-0.25, -0.2) is 5.01 Å². The smallest absolute Gasteiger partial charge is 0.306 e. The van der Waals surface area contributed by atoms with E-state index in [-0.39, 0.29) is 0 Å². The summed E-state index contributed by atoms with van der Waals surface area (Å²) in [5.41, 5.74) is 5.82. The second kappa shape index (κ2) is 8.80. The van der Waals surface area contributed by atoms with E-state index in [0.717, 1.165) is 49.1 Å². The molecule has 156 valence electrons. The molecule has 1 aliphatic heterocycles. The number of nitrogens with zero attached hydrogens (tertiary/aromatic N) is 2. The molecule has 1 fully saturated rings. The van der Waals surface area contributed by atoms with Crippen LogP contribution in [-0.4, -0.2) is 34.4 Å². The van der Waals surface area contributed by atoms with Crippen molar-refractivity contribution in [2.24, 2.45) is 0 Å². The molecule has 7 heteroatoms. The van der Waals surface area contributed by atoms with Gasteiger partial charge >= 0.3 is 5.91 Å². The van der Waals surface area contributed by atoms with Crippen LogP contribution in [0.1, 0.15) is 40.9 Å². The molecule has 0 saturated carbocycles. The number of nitrogens with one attached hydrogen (secondary N) is 1. The topological polar surface area (TPSA) is 54.3 Å². The summed E-state index contributed by atoms with van der Waals surface area (Å²) in [7, 11) is 0. The standard InChI is InChI=1S/C23H23Cl2N3O2/c1-15-21(22(29)23(30)26-27-11-3-2-4-12-27)19-13-18(25)9-10-20(19)28(15)14-16-5-7-17(24)8-6-16/h5-10,13H,2-4,11-12,14H2,1H3,(H,26,30). The molecule has 1 aliphatic rings. The first-order valence-electron chi connectivity index (χ1n) is 10.1. The van der Waals surface area contributed by atoms with Gasteiger partial charge in [-0.05, 0) is 55.7 Å². The Labute approximate surface area is 185 Å². The number of hydrazine groups is 1. The normalized spacial score (nSPS) is 14.8. The predicted molar refractivity (Wildman–Crippen MR) is 120 cm³/mol. The molecule has 3 aromatic rings. The number of ketones is 1. The van der Waals surface area contributed by atoms with Gasteiger partial charge in [0.15, 0.2) is 0 Å². The number of carbonyl (C=O) groups is 2. The van der Waals surface area contributed by atoms with Gasteiger partial charge in [-0.15, -0.1) is 0 Å². The zero-order chi connectivity index (χ0) is 21.3. The lowest BCUT2D eigenvalue weighted by Crippen LogP contribution is -2.47. The maximum absolute atomic E-state index is 13.2. The summed E-state index contributed by atoms with van der Waals surface area (Å²) in [6.07, 6.45) is 3.18. The minimum atomic E-state index is -0.606. The molecule has 0 radical (unpaired) electrons.